The predicted molar refractivity (Wildman–Crippen MR) is 61.6 cm³/mol. The number of methoxy groups -OCH3 is 1. The number of aromatic nitrogens is 2. The van der Waals surface area contributed by atoms with Crippen LogP contribution in [0.2, 0.25) is 0 Å². The normalized spacial score (nSPS) is 12.5. The zero-order chi connectivity index (χ0) is 12.1. The highest BCUT2D eigenvalue weighted by atomic mass is 16.5. The second-order valence-electron chi connectivity index (χ2n) is 3.86. The number of aryl methyl sites for hydroxylation is 1. The third kappa shape index (κ3) is 2.82. The lowest BCUT2D eigenvalue weighted by Crippen LogP contribution is -2.24. The fourth-order valence-electron chi connectivity index (χ4n) is 1.69. The van der Waals surface area contributed by atoms with Crippen LogP contribution in [-0.2, 0) is 7.05 Å². The van der Waals surface area contributed by atoms with Crippen LogP contribution < -0.4 is 10.5 Å². The van der Waals surface area contributed by atoms with Gasteiger partial charge < -0.3 is 10.5 Å². The Labute approximate surface area is 95.6 Å². The van der Waals surface area contributed by atoms with Crippen LogP contribution in [0.1, 0.15) is 36.7 Å². The molecule has 2 N–H and O–H groups in total. The highest BCUT2D eigenvalue weighted by molar-refractivity contribution is 5.97. The van der Waals surface area contributed by atoms with Gasteiger partial charge in [-0.3, -0.25) is 9.48 Å². The molecule has 0 saturated heterocycles. The lowest BCUT2D eigenvalue weighted by atomic mass is 10.0. The number of carbonyl (C=O) groups is 1. The van der Waals surface area contributed by atoms with Crippen molar-refractivity contribution < 1.29 is 9.53 Å². The van der Waals surface area contributed by atoms with E-state index in [1.807, 2.05) is 0 Å². The van der Waals surface area contributed by atoms with Gasteiger partial charge in [0.1, 0.15) is 5.69 Å². The van der Waals surface area contributed by atoms with Crippen molar-refractivity contribution in [3.8, 4) is 5.75 Å². The number of rotatable bonds is 6. The lowest BCUT2D eigenvalue weighted by Gasteiger charge is -2.10. The molecule has 16 heavy (non-hydrogen) atoms. The molecule has 1 rings (SSSR count). The van der Waals surface area contributed by atoms with Gasteiger partial charge in [-0.05, 0) is 6.42 Å². The molecule has 1 atom stereocenters. The zero-order valence-corrected chi connectivity index (χ0v) is 10.1. The van der Waals surface area contributed by atoms with Gasteiger partial charge in [0.15, 0.2) is 11.5 Å². The summed E-state index contributed by atoms with van der Waals surface area (Å²) in [5, 5.41) is 3.99. The van der Waals surface area contributed by atoms with Crippen LogP contribution >= 0.6 is 0 Å². The van der Waals surface area contributed by atoms with Crippen LogP contribution in [0.4, 0.5) is 0 Å². The Morgan fingerprint density at radius 3 is 2.94 bits per heavy atom. The van der Waals surface area contributed by atoms with E-state index in [1.54, 1.807) is 13.2 Å². The van der Waals surface area contributed by atoms with E-state index in [-0.39, 0.29) is 11.8 Å². The highest BCUT2D eigenvalue weighted by Crippen LogP contribution is 2.19. The van der Waals surface area contributed by atoms with E-state index >= 15 is 0 Å². The molecule has 0 radical (unpaired) electrons. The van der Waals surface area contributed by atoms with Crippen molar-refractivity contribution in [2.45, 2.75) is 32.2 Å². The lowest BCUT2D eigenvalue weighted by molar-refractivity contribution is 0.0961. The minimum atomic E-state index is -0.0860. The Hall–Kier alpha value is -1.36. The zero-order valence-electron chi connectivity index (χ0n) is 10.1. The molecule has 0 amide bonds. The third-order valence-corrected chi connectivity index (χ3v) is 2.50. The molecule has 1 heterocycles. The molecule has 90 valence electrons. The summed E-state index contributed by atoms with van der Waals surface area (Å²) >= 11 is 0. The average Bonchev–Trinajstić information content (AvgIpc) is 2.59. The molecule has 5 heteroatoms. The number of Topliss-reactive ketones (excluding diaryl/α,β-unsaturated/α-hetero) is 1. The van der Waals surface area contributed by atoms with E-state index < -0.39 is 0 Å². The van der Waals surface area contributed by atoms with Gasteiger partial charge in [-0.15, -0.1) is 0 Å². The molecule has 0 aliphatic rings. The standard InChI is InChI=1S/C11H19N3O2/c1-4-5-8(12)6-9(15)11-10(16-3)7-13-14(11)2/h7-8H,4-6,12H2,1-3H3. The van der Waals surface area contributed by atoms with Gasteiger partial charge in [0, 0.05) is 19.5 Å². The summed E-state index contributed by atoms with van der Waals surface area (Å²) in [7, 11) is 3.25. The van der Waals surface area contributed by atoms with Crippen LogP contribution in [0.3, 0.4) is 0 Å². The summed E-state index contributed by atoms with van der Waals surface area (Å²) in [5.74, 6) is 0.494. The molecular weight excluding hydrogens is 206 g/mol. The Balaban J connectivity index is 2.75. The summed E-state index contributed by atoms with van der Waals surface area (Å²) in [6.45, 7) is 2.05. The molecule has 0 fully saturated rings. The Bertz CT molecular complexity index is 360. The Morgan fingerprint density at radius 1 is 1.69 bits per heavy atom. The molecule has 0 spiro atoms. The largest absolute Gasteiger partial charge is 0.493 e. The average molecular weight is 225 g/mol. The summed E-state index contributed by atoms with van der Waals surface area (Å²) < 4.78 is 6.61. The smallest absolute Gasteiger partial charge is 0.186 e. The van der Waals surface area contributed by atoms with Crippen molar-refractivity contribution in [1.82, 2.24) is 9.78 Å². The van der Waals surface area contributed by atoms with Gasteiger partial charge in [0.2, 0.25) is 0 Å². The molecule has 1 aromatic heterocycles. The minimum Gasteiger partial charge on any atom is -0.493 e. The van der Waals surface area contributed by atoms with Crippen LogP contribution in [0, 0.1) is 0 Å². The molecule has 1 unspecified atom stereocenters. The van der Waals surface area contributed by atoms with Gasteiger partial charge >= 0.3 is 0 Å². The van der Waals surface area contributed by atoms with E-state index in [9.17, 15) is 4.79 Å². The molecule has 1 aromatic rings. The van der Waals surface area contributed by atoms with Crippen molar-refractivity contribution >= 4 is 5.78 Å². The molecule has 0 aliphatic heterocycles. The monoisotopic (exact) mass is 225 g/mol. The third-order valence-electron chi connectivity index (χ3n) is 2.50. The van der Waals surface area contributed by atoms with Gasteiger partial charge in [0.05, 0.1) is 13.3 Å². The number of ketones is 1. The van der Waals surface area contributed by atoms with Crippen molar-refractivity contribution in [3.63, 3.8) is 0 Å². The molecule has 0 aromatic carbocycles. The first-order chi connectivity index (χ1) is 7.60. The first-order valence-electron chi connectivity index (χ1n) is 5.44. The first-order valence-corrected chi connectivity index (χ1v) is 5.44. The van der Waals surface area contributed by atoms with Gasteiger partial charge in [-0.1, -0.05) is 13.3 Å². The number of hydrogen-bond acceptors (Lipinski definition) is 4. The maximum Gasteiger partial charge on any atom is 0.186 e. The van der Waals surface area contributed by atoms with E-state index in [1.165, 1.54) is 11.8 Å². The fraction of sp³-hybridized carbons (Fsp3) is 0.636. The molecule has 0 saturated carbocycles. The minimum absolute atomic E-state index is 0.0159. The van der Waals surface area contributed by atoms with Crippen molar-refractivity contribution in [2.24, 2.45) is 12.8 Å². The fourth-order valence-corrected chi connectivity index (χ4v) is 1.69. The van der Waals surface area contributed by atoms with Gasteiger partial charge in [0.25, 0.3) is 0 Å². The summed E-state index contributed by atoms with van der Waals surface area (Å²) in [6, 6.07) is -0.0860. The summed E-state index contributed by atoms with van der Waals surface area (Å²) in [6.07, 6.45) is 3.71. The van der Waals surface area contributed by atoms with E-state index in [2.05, 4.69) is 12.0 Å². The quantitative estimate of drug-likeness (QED) is 0.737. The number of hydrogen-bond donors (Lipinski definition) is 1. The summed E-state index contributed by atoms with van der Waals surface area (Å²) in [4.78, 5) is 12.0. The summed E-state index contributed by atoms with van der Waals surface area (Å²) in [5.41, 5.74) is 6.34. The maximum atomic E-state index is 12.0. The van der Waals surface area contributed by atoms with Crippen molar-refractivity contribution in [3.05, 3.63) is 11.9 Å². The SMILES string of the molecule is CCCC(N)CC(=O)c1c(OC)cnn1C. The van der Waals surface area contributed by atoms with Crippen molar-refractivity contribution in [2.75, 3.05) is 7.11 Å². The number of ether oxygens (including phenoxy) is 1. The van der Waals surface area contributed by atoms with Crippen LogP contribution in [0.5, 0.6) is 5.75 Å². The van der Waals surface area contributed by atoms with Crippen molar-refractivity contribution in [1.29, 1.82) is 0 Å². The van der Waals surface area contributed by atoms with Gasteiger partial charge in [-0.2, -0.15) is 5.10 Å². The maximum absolute atomic E-state index is 12.0. The second kappa shape index (κ2) is 5.65. The second-order valence-corrected chi connectivity index (χ2v) is 3.86. The van der Waals surface area contributed by atoms with Crippen LogP contribution in [-0.4, -0.2) is 28.7 Å². The Kier molecular flexibility index (Phi) is 4.49. The number of nitrogens with two attached hydrogens (primary N) is 1. The highest BCUT2D eigenvalue weighted by Gasteiger charge is 2.19. The van der Waals surface area contributed by atoms with E-state index in [4.69, 9.17) is 10.5 Å². The number of nitrogens with zero attached hydrogens (tertiary/aromatic N) is 2. The molecular formula is C11H19N3O2. The molecule has 0 bridgehead atoms. The molecule has 5 nitrogen and oxygen atoms in total. The van der Waals surface area contributed by atoms with Crippen LogP contribution in [0.15, 0.2) is 6.20 Å². The van der Waals surface area contributed by atoms with Crippen LogP contribution in [0.25, 0.3) is 0 Å². The number of carbonyl (C=O) groups excluding carboxylic acids is 1. The molecule has 0 aliphatic carbocycles. The van der Waals surface area contributed by atoms with Gasteiger partial charge in [-0.25, -0.2) is 0 Å². The van der Waals surface area contributed by atoms with E-state index in [0.29, 0.717) is 17.9 Å². The first kappa shape index (κ1) is 12.7. The van der Waals surface area contributed by atoms with E-state index in [0.717, 1.165) is 12.8 Å². The predicted octanol–water partition coefficient (Wildman–Crippen LogP) is 1.13. The Morgan fingerprint density at radius 2 is 2.38 bits per heavy atom. The topological polar surface area (TPSA) is 70.1 Å².